The van der Waals surface area contributed by atoms with E-state index in [0.29, 0.717) is 11.5 Å². The van der Waals surface area contributed by atoms with Crippen LogP contribution in [0.1, 0.15) is 5.56 Å². The molecule has 94 valence electrons. The molecule has 3 rings (SSSR count). The minimum absolute atomic E-state index is 0.00330. The molecule has 2 aliphatic rings. The van der Waals surface area contributed by atoms with Crippen molar-refractivity contribution in [2.24, 2.45) is 21.6 Å². The highest BCUT2D eigenvalue weighted by Crippen LogP contribution is 2.37. The zero-order valence-corrected chi connectivity index (χ0v) is 10.9. The number of fused-ring (bicyclic) bond motifs is 1. The second kappa shape index (κ2) is 4.82. The van der Waals surface area contributed by atoms with Gasteiger partial charge >= 0.3 is 0 Å². The number of nitrogens with zero attached hydrogens (tertiary/aromatic N) is 2. The summed E-state index contributed by atoms with van der Waals surface area (Å²) >= 11 is 1.63. The molecular formula is C14H12N4S. The number of benzene rings is 1. The van der Waals surface area contributed by atoms with Crippen LogP contribution in [0.25, 0.3) is 0 Å². The fourth-order valence-corrected chi connectivity index (χ4v) is 3.05. The Hall–Kier alpha value is -2.19. The van der Waals surface area contributed by atoms with Crippen LogP contribution in [-0.4, -0.2) is 17.5 Å². The van der Waals surface area contributed by atoms with Crippen LogP contribution in [0.15, 0.2) is 45.2 Å². The Labute approximate surface area is 115 Å². The number of nitrogens with two attached hydrogens (primary N) is 2. The van der Waals surface area contributed by atoms with Gasteiger partial charge in [0.25, 0.3) is 0 Å². The first-order valence-electron chi connectivity index (χ1n) is 5.82. The predicted octanol–water partition coefficient (Wildman–Crippen LogP) is 1.59. The van der Waals surface area contributed by atoms with Gasteiger partial charge in [0.1, 0.15) is 17.5 Å². The molecule has 0 aliphatic carbocycles. The lowest BCUT2D eigenvalue weighted by molar-refractivity contribution is 0.783. The van der Waals surface area contributed by atoms with Crippen molar-refractivity contribution in [3.05, 3.63) is 40.8 Å². The van der Waals surface area contributed by atoms with Crippen LogP contribution in [0.5, 0.6) is 0 Å². The molecule has 2 heterocycles. The fraction of sp³-hybridized carbons (Fsp3) is 0.143. The Morgan fingerprint density at radius 3 is 2.95 bits per heavy atom. The van der Waals surface area contributed by atoms with E-state index in [2.05, 4.69) is 21.8 Å². The SMILES string of the molecule is NC1=NC=NC2SC=C(C#Cc3cccc(N)c3)C12. The molecule has 1 aromatic carbocycles. The number of amidine groups is 1. The molecule has 0 amide bonds. The van der Waals surface area contributed by atoms with Crippen molar-refractivity contribution in [2.75, 3.05) is 5.73 Å². The number of hydrogen-bond donors (Lipinski definition) is 2. The van der Waals surface area contributed by atoms with Crippen molar-refractivity contribution in [2.45, 2.75) is 5.37 Å². The third kappa shape index (κ3) is 2.35. The van der Waals surface area contributed by atoms with Gasteiger partial charge in [-0.25, -0.2) is 4.99 Å². The zero-order chi connectivity index (χ0) is 13.2. The van der Waals surface area contributed by atoms with E-state index >= 15 is 0 Å². The summed E-state index contributed by atoms with van der Waals surface area (Å²) in [5, 5.41) is 2.10. The summed E-state index contributed by atoms with van der Waals surface area (Å²) in [5.41, 5.74) is 14.2. The maximum atomic E-state index is 5.92. The van der Waals surface area contributed by atoms with Crippen LogP contribution in [0, 0.1) is 17.8 Å². The van der Waals surface area contributed by atoms with E-state index < -0.39 is 0 Å². The summed E-state index contributed by atoms with van der Waals surface area (Å²) in [6.45, 7) is 0. The number of anilines is 1. The molecule has 0 saturated heterocycles. The average Bonchev–Trinajstić information content (AvgIpc) is 2.81. The molecule has 5 heteroatoms. The Kier molecular flexibility index (Phi) is 3.02. The zero-order valence-electron chi connectivity index (χ0n) is 10.1. The van der Waals surface area contributed by atoms with Crippen molar-refractivity contribution < 1.29 is 0 Å². The maximum Gasteiger partial charge on any atom is 0.115 e. The number of rotatable bonds is 0. The highest BCUT2D eigenvalue weighted by atomic mass is 32.2. The molecular weight excluding hydrogens is 256 g/mol. The molecule has 0 spiro atoms. The summed E-state index contributed by atoms with van der Waals surface area (Å²) in [4.78, 5) is 8.34. The molecule has 4 N–H and O–H groups in total. The first-order valence-corrected chi connectivity index (χ1v) is 6.76. The van der Waals surface area contributed by atoms with Gasteiger partial charge in [-0.05, 0) is 23.6 Å². The number of aliphatic imine (C=N–C) groups is 2. The molecule has 0 bridgehead atoms. The molecule has 0 aromatic heterocycles. The highest BCUT2D eigenvalue weighted by Gasteiger charge is 2.34. The molecule has 0 fully saturated rings. The fourth-order valence-electron chi connectivity index (χ4n) is 1.99. The molecule has 1 aromatic rings. The Balaban J connectivity index is 1.86. The quantitative estimate of drug-likeness (QED) is 0.554. The second-order valence-electron chi connectivity index (χ2n) is 4.27. The molecule has 19 heavy (non-hydrogen) atoms. The third-order valence-electron chi connectivity index (χ3n) is 2.93. The van der Waals surface area contributed by atoms with Crippen molar-refractivity contribution in [1.82, 2.24) is 0 Å². The van der Waals surface area contributed by atoms with Crippen LogP contribution in [0.4, 0.5) is 5.69 Å². The number of nitrogen functional groups attached to an aromatic ring is 1. The summed E-state index contributed by atoms with van der Waals surface area (Å²) < 4.78 is 0. The van der Waals surface area contributed by atoms with Gasteiger partial charge in [-0.15, -0.1) is 11.8 Å². The Bertz CT molecular complexity index is 664. The summed E-state index contributed by atoms with van der Waals surface area (Å²) in [6, 6.07) is 7.51. The van der Waals surface area contributed by atoms with E-state index in [0.717, 1.165) is 11.1 Å². The summed E-state index contributed by atoms with van der Waals surface area (Å²) in [7, 11) is 0. The molecule has 4 nitrogen and oxygen atoms in total. The van der Waals surface area contributed by atoms with E-state index in [-0.39, 0.29) is 11.3 Å². The van der Waals surface area contributed by atoms with Crippen molar-refractivity contribution in [3.63, 3.8) is 0 Å². The first-order chi connectivity index (χ1) is 9.24. The minimum Gasteiger partial charge on any atom is -0.399 e. The van der Waals surface area contributed by atoms with Gasteiger partial charge in [-0.3, -0.25) is 4.99 Å². The van der Waals surface area contributed by atoms with Gasteiger partial charge in [-0.1, -0.05) is 17.9 Å². The average molecular weight is 268 g/mol. The lowest BCUT2D eigenvalue weighted by atomic mass is 9.99. The number of thioether (sulfide) groups is 1. The lowest BCUT2D eigenvalue weighted by Gasteiger charge is -2.18. The van der Waals surface area contributed by atoms with E-state index in [1.54, 1.807) is 11.8 Å². The lowest BCUT2D eigenvalue weighted by Crippen LogP contribution is -2.32. The molecule has 2 atom stereocenters. The molecule has 2 unspecified atom stereocenters. The molecule has 0 radical (unpaired) electrons. The first kappa shape index (κ1) is 11.9. The smallest absolute Gasteiger partial charge is 0.115 e. The highest BCUT2D eigenvalue weighted by molar-refractivity contribution is 8.03. The minimum atomic E-state index is 0.00330. The van der Waals surface area contributed by atoms with Gasteiger partial charge in [0.2, 0.25) is 0 Å². The van der Waals surface area contributed by atoms with E-state index in [4.69, 9.17) is 11.5 Å². The van der Waals surface area contributed by atoms with Crippen LogP contribution in [-0.2, 0) is 0 Å². The number of hydrogen-bond acceptors (Lipinski definition) is 5. The normalized spacial score (nSPS) is 24.0. The Morgan fingerprint density at radius 1 is 1.21 bits per heavy atom. The van der Waals surface area contributed by atoms with Crippen molar-refractivity contribution in [1.29, 1.82) is 0 Å². The van der Waals surface area contributed by atoms with E-state index in [1.807, 2.05) is 29.7 Å². The largest absolute Gasteiger partial charge is 0.399 e. The van der Waals surface area contributed by atoms with Crippen LogP contribution < -0.4 is 11.5 Å². The molecule has 2 aliphatic heterocycles. The standard InChI is InChI=1S/C14H12N4S/c15-11-3-1-2-9(6-11)4-5-10-7-19-14-12(10)13(16)17-8-18-14/h1-3,6-8,12,14H,15H2,(H2,16,17,18). The van der Waals surface area contributed by atoms with Crippen molar-refractivity contribution >= 4 is 29.6 Å². The van der Waals surface area contributed by atoms with Gasteiger partial charge in [0, 0.05) is 16.8 Å². The van der Waals surface area contributed by atoms with Gasteiger partial charge in [0.15, 0.2) is 0 Å². The second-order valence-corrected chi connectivity index (χ2v) is 5.26. The van der Waals surface area contributed by atoms with Gasteiger partial charge < -0.3 is 11.5 Å². The summed E-state index contributed by atoms with van der Waals surface area (Å²) in [5.74, 6) is 6.85. The predicted molar refractivity (Wildman–Crippen MR) is 80.8 cm³/mol. The van der Waals surface area contributed by atoms with Crippen molar-refractivity contribution in [3.8, 4) is 11.8 Å². The monoisotopic (exact) mass is 268 g/mol. The van der Waals surface area contributed by atoms with E-state index in [9.17, 15) is 0 Å². The maximum absolute atomic E-state index is 5.92. The van der Waals surface area contributed by atoms with Crippen LogP contribution in [0.3, 0.4) is 0 Å². The third-order valence-corrected chi connectivity index (χ3v) is 3.99. The van der Waals surface area contributed by atoms with E-state index in [1.165, 1.54) is 6.34 Å². The topological polar surface area (TPSA) is 76.8 Å². The van der Waals surface area contributed by atoms with Gasteiger partial charge in [0.05, 0.1) is 5.92 Å². The van der Waals surface area contributed by atoms with Crippen LogP contribution >= 0.6 is 11.8 Å². The van der Waals surface area contributed by atoms with Crippen LogP contribution in [0.2, 0.25) is 0 Å². The Morgan fingerprint density at radius 2 is 2.11 bits per heavy atom. The van der Waals surface area contributed by atoms with Gasteiger partial charge in [-0.2, -0.15) is 0 Å². The molecule has 0 saturated carbocycles. The summed E-state index contributed by atoms with van der Waals surface area (Å²) in [6.07, 6.45) is 1.52.